The molecule has 2 aliphatic rings. The Morgan fingerprint density at radius 1 is 1.14 bits per heavy atom. The van der Waals surface area contributed by atoms with Gasteiger partial charge < -0.3 is 19.3 Å². The Bertz CT molecular complexity index is 653. The van der Waals surface area contributed by atoms with E-state index in [-0.39, 0.29) is 12.0 Å². The number of methoxy groups -OCH3 is 2. The Balaban J connectivity index is 1.76. The van der Waals surface area contributed by atoms with Crippen LogP contribution in [0.1, 0.15) is 51.0 Å². The summed E-state index contributed by atoms with van der Waals surface area (Å²) >= 11 is 0. The van der Waals surface area contributed by atoms with Crippen molar-refractivity contribution in [3.8, 4) is 5.75 Å². The largest absolute Gasteiger partial charge is 0.497 e. The molecule has 1 heterocycles. The summed E-state index contributed by atoms with van der Waals surface area (Å²) in [6, 6.07) is 8.06. The highest BCUT2D eigenvalue weighted by molar-refractivity contribution is 5.80. The fraction of sp³-hybridized carbons (Fsp3) is 0.682. The highest BCUT2D eigenvalue weighted by Crippen LogP contribution is 2.42. The normalized spacial score (nSPS) is 31.2. The van der Waals surface area contributed by atoms with Crippen LogP contribution in [0.15, 0.2) is 24.3 Å². The number of carbonyl (C=O) groups is 1. The molecule has 0 aromatic heterocycles. The predicted molar refractivity (Wildman–Crippen MR) is 107 cm³/mol. The Morgan fingerprint density at radius 2 is 1.79 bits per heavy atom. The Morgan fingerprint density at radius 3 is 2.29 bits per heavy atom. The van der Waals surface area contributed by atoms with Gasteiger partial charge in [0.25, 0.3) is 0 Å². The highest BCUT2D eigenvalue weighted by Gasteiger charge is 2.55. The minimum atomic E-state index is -1.22. The third-order valence-electron chi connectivity index (χ3n) is 6.29. The molecule has 0 radical (unpaired) electrons. The Kier molecular flexibility index (Phi) is 6.63. The number of carboxylic acid groups (broad SMARTS) is 1. The van der Waals surface area contributed by atoms with Gasteiger partial charge in [0, 0.05) is 32.2 Å². The van der Waals surface area contributed by atoms with Crippen LogP contribution in [-0.4, -0.2) is 67.1 Å². The van der Waals surface area contributed by atoms with Crippen molar-refractivity contribution in [2.45, 2.75) is 69.3 Å². The van der Waals surface area contributed by atoms with Crippen LogP contribution in [0, 0.1) is 0 Å². The molecule has 2 atom stereocenters. The maximum Gasteiger partial charge on any atom is 0.338 e. The Hall–Kier alpha value is -1.63. The summed E-state index contributed by atoms with van der Waals surface area (Å²) in [6.07, 6.45) is 4.70. The van der Waals surface area contributed by atoms with Crippen LogP contribution in [0.5, 0.6) is 5.75 Å². The van der Waals surface area contributed by atoms with Gasteiger partial charge in [0.05, 0.1) is 19.3 Å². The van der Waals surface area contributed by atoms with Gasteiger partial charge in [-0.25, -0.2) is 4.79 Å². The Labute approximate surface area is 167 Å². The number of hydrogen-bond acceptors (Lipinski definition) is 5. The summed E-state index contributed by atoms with van der Waals surface area (Å²) in [7, 11) is 3.14. The number of ether oxygens (including phenoxy) is 3. The van der Waals surface area contributed by atoms with Gasteiger partial charge in [-0.1, -0.05) is 12.1 Å². The van der Waals surface area contributed by atoms with Gasteiger partial charge in [0.2, 0.25) is 0 Å². The molecule has 28 heavy (non-hydrogen) atoms. The topological polar surface area (TPSA) is 68.2 Å². The summed E-state index contributed by atoms with van der Waals surface area (Å²) in [6.45, 7) is 5.25. The first-order chi connectivity index (χ1) is 13.4. The molecule has 6 nitrogen and oxygen atoms in total. The first-order valence-electron chi connectivity index (χ1n) is 10.2. The third-order valence-corrected chi connectivity index (χ3v) is 6.29. The van der Waals surface area contributed by atoms with Crippen LogP contribution >= 0.6 is 0 Å². The molecule has 3 rings (SSSR count). The van der Waals surface area contributed by atoms with E-state index in [2.05, 4.69) is 18.7 Å². The summed E-state index contributed by atoms with van der Waals surface area (Å²) in [5, 5.41) is 10.1. The molecule has 1 saturated heterocycles. The lowest BCUT2D eigenvalue weighted by molar-refractivity contribution is -0.162. The van der Waals surface area contributed by atoms with Crippen molar-refractivity contribution in [3.05, 3.63) is 29.8 Å². The summed E-state index contributed by atoms with van der Waals surface area (Å²) in [5.41, 5.74) is -0.246. The minimum Gasteiger partial charge on any atom is -0.497 e. The molecule has 1 saturated carbocycles. The average molecular weight is 392 g/mol. The molecule has 156 valence electrons. The van der Waals surface area contributed by atoms with Crippen LogP contribution in [0.3, 0.4) is 0 Å². The van der Waals surface area contributed by atoms with Gasteiger partial charge in [-0.05, 0) is 57.2 Å². The molecule has 0 bridgehead atoms. The van der Waals surface area contributed by atoms with E-state index in [0.717, 1.165) is 37.0 Å². The molecule has 1 N–H and O–H groups in total. The van der Waals surface area contributed by atoms with E-state index in [9.17, 15) is 9.90 Å². The maximum absolute atomic E-state index is 12.3. The van der Waals surface area contributed by atoms with E-state index in [1.54, 1.807) is 7.11 Å². The van der Waals surface area contributed by atoms with E-state index >= 15 is 0 Å². The van der Waals surface area contributed by atoms with E-state index in [1.807, 2.05) is 24.3 Å². The number of carboxylic acids is 1. The second-order valence-electron chi connectivity index (χ2n) is 8.27. The van der Waals surface area contributed by atoms with E-state index in [0.29, 0.717) is 25.2 Å². The van der Waals surface area contributed by atoms with Crippen molar-refractivity contribution in [2.75, 3.05) is 27.3 Å². The van der Waals surface area contributed by atoms with E-state index in [4.69, 9.17) is 14.2 Å². The number of rotatable bonds is 7. The van der Waals surface area contributed by atoms with Crippen LogP contribution in [-0.2, 0) is 14.3 Å². The summed E-state index contributed by atoms with van der Waals surface area (Å²) in [5.74, 6) is -0.346. The molecule has 0 unspecified atom stereocenters. The zero-order chi connectivity index (χ0) is 20.3. The average Bonchev–Trinajstić information content (AvgIpc) is 3.09. The molecule has 1 aromatic carbocycles. The van der Waals surface area contributed by atoms with Gasteiger partial charge in [-0.2, -0.15) is 0 Å². The number of likely N-dealkylation sites (tertiary alicyclic amines) is 1. The molecule has 2 fully saturated rings. The molecular formula is C22H33NO5. The SMILES string of the molecule is COc1ccc([C@@H]2CN(C3CCC(OC(C)C)CC3)C[C@@]2(OC)C(=O)O)cc1. The number of aliphatic carboxylic acids is 1. The monoisotopic (exact) mass is 391 g/mol. The summed E-state index contributed by atoms with van der Waals surface area (Å²) < 4.78 is 16.9. The standard InChI is InChI=1S/C22H33NO5/c1-15(2)28-19-11-7-17(8-12-19)23-13-20(22(14-23,27-4)21(24)25)16-5-9-18(26-3)10-6-16/h5-6,9-10,15,17,19-20H,7-8,11-14H2,1-4H3,(H,24,25)/t17?,19?,20-,22-/m0/s1. The van der Waals surface area contributed by atoms with Crippen molar-refractivity contribution in [2.24, 2.45) is 0 Å². The van der Waals surface area contributed by atoms with Crippen molar-refractivity contribution < 1.29 is 24.1 Å². The first kappa shape index (κ1) is 21.1. The number of hydrogen-bond donors (Lipinski definition) is 1. The van der Waals surface area contributed by atoms with Gasteiger partial charge in [0.1, 0.15) is 5.75 Å². The first-order valence-corrected chi connectivity index (χ1v) is 10.2. The number of benzene rings is 1. The minimum absolute atomic E-state index is 0.217. The van der Waals surface area contributed by atoms with Crippen LogP contribution < -0.4 is 4.74 Å². The smallest absolute Gasteiger partial charge is 0.338 e. The second kappa shape index (κ2) is 8.80. The molecular weight excluding hydrogens is 358 g/mol. The van der Waals surface area contributed by atoms with Crippen LogP contribution in [0.25, 0.3) is 0 Å². The van der Waals surface area contributed by atoms with Crippen molar-refractivity contribution in [1.82, 2.24) is 4.90 Å². The molecule has 0 spiro atoms. The molecule has 1 aliphatic heterocycles. The molecule has 0 amide bonds. The van der Waals surface area contributed by atoms with Crippen LogP contribution in [0.2, 0.25) is 0 Å². The van der Waals surface area contributed by atoms with E-state index < -0.39 is 11.6 Å². The van der Waals surface area contributed by atoms with Gasteiger partial charge in [-0.15, -0.1) is 0 Å². The van der Waals surface area contributed by atoms with Gasteiger partial charge in [0.15, 0.2) is 5.60 Å². The third kappa shape index (κ3) is 4.19. The zero-order valence-corrected chi connectivity index (χ0v) is 17.4. The lowest BCUT2D eigenvalue weighted by Gasteiger charge is -2.35. The molecule has 6 heteroatoms. The van der Waals surface area contributed by atoms with Gasteiger partial charge >= 0.3 is 5.97 Å². The van der Waals surface area contributed by atoms with Crippen LogP contribution in [0.4, 0.5) is 0 Å². The predicted octanol–water partition coefficient (Wildman–Crippen LogP) is 3.30. The fourth-order valence-corrected chi connectivity index (χ4v) is 4.79. The second-order valence-corrected chi connectivity index (χ2v) is 8.27. The molecule has 1 aliphatic carbocycles. The number of nitrogens with zero attached hydrogens (tertiary/aromatic N) is 1. The quantitative estimate of drug-likeness (QED) is 0.769. The highest BCUT2D eigenvalue weighted by atomic mass is 16.5. The lowest BCUT2D eigenvalue weighted by Crippen LogP contribution is -2.48. The summed E-state index contributed by atoms with van der Waals surface area (Å²) in [4.78, 5) is 14.6. The maximum atomic E-state index is 12.3. The van der Waals surface area contributed by atoms with E-state index in [1.165, 1.54) is 7.11 Å². The van der Waals surface area contributed by atoms with Gasteiger partial charge in [-0.3, -0.25) is 4.90 Å². The van der Waals surface area contributed by atoms with Crippen molar-refractivity contribution in [3.63, 3.8) is 0 Å². The zero-order valence-electron chi connectivity index (χ0n) is 17.4. The van der Waals surface area contributed by atoms with Crippen molar-refractivity contribution >= 4 is 5.97 Å². The fourth-order valence-electron chi connectivity index (χ4n) is 4.79. The molecule has 1 aromatic rings. The van der Waals surface area contributed by atoms with Crippen molar-refractivity contribution in [1.29, 1.82) is 0 Å². The lowest BCUT2D eigenvalue weighted by atomic mass is 9.84.